The summed E-state index contributed by atoms with van der Waals surface area (Å²) in [6, 6.07) is 8.03. The lowest BCUT2D eigenvalue weighted by Crippen LogP contribution is -2.41. The van der Waals surface area contributed by atoms with Crippen molar-refractivity contribution in [2.45, 2.75) is 33.2 Å². The number of nitrogens with zero attached hydrogens (tertiary/aromatic N) is 2. The topological polar surface area (TPSA) is 64.7 Å². The van der Waals surface area contributed by atoms with Crippen molar-refractivity contribution in [2.75, 3.05) is 44.6 Å². The van der Waals surface area contributed by atoms with E-state index in [1.165, 1.54) is 31.5 Å². The Bertz CT molecular complexity index is 553. The summed E-state index contributed by atoms with van der Waals surface area (Å²) in [6.45, 7) is 8.87. The van der Waals surface area contributed by atoms with Crippen molar-refractivity contribution in [2.24, 2.45) is 0 Å². The van der Waals surface area contributed by atoms with E-state index in [-0.39, 0.29) is 24.9 Å². The van der Waals surface area contributed by atoms with Crippen molar-refractivity contribution in [3.8, 4) is 0 Å². The summed E-state index contributed by atoms with van der Waals surface area (Å²) in [7, 11) is 0. The van der Waals surface area contributed by atoms with E-state index in [0.29, 0.717) is 13.1 Å². The van der Waals surface area contributed by atoms with Gasteiger partial charge < -0.3 is 10.6 Å². The van der Waals surface area contributed by atoms with Gasteiger partial charge in [-0.25, -0.2) is 0 Å². The first kappa shape index (κ1) is 19.4. The second kappa shape index (κ2) is 10.2. The Morgan fingerprint density at radius 2 is 1.68 bits per heavy atom. The molecule has 0 spiro atoms. The molecule has 0 unspecified atom stereocenters. The lowest BCUT2D eigenvalue weighted by atomic mass is 10.2. The molecule has 25 heavy (non-hydrogen) atoms. The first-order chi connectivity index (χ1) is 12.1. The van der Waals surface area contributed by atoms with Crippen LogP contribution in [0.4, 0.5) is 5.69 Å². The number of nitrogens with one attached hydrogen (secondary N) is 2. The van der Waals surface area contributed by atoms with Gasteiger partial charge in [-0.05, 0) is 57.1 Å². The number of likely N-dealkylation sites (N-methyl/N-ethyl adjacent to an activating group) is 2. The van der Waals surface area contributed by atoms with E-state index in [0.717, 1.165) is 12.2 Å². The molecular weight excluding hydrogens is 316 g/mol. The molecule has 6 nitrogen and oxygen atoms in total. The standard InChI is InChI=1S/C19H30N4O2/c1-3-20-18(24)14-22(4-2)15-19(25)21-17-9-7-16(8-10-17)13-23-11-5-6-12-23/h7-10H,3-6,11-15H2,1-2H3,(H,20,24)(H,21,25). The largest absolute Gasteiger partial charge is 0.355 e. The van der Waals surface area contributed by atoms with Gasteiger partial charge in [-0.2, -0.15) is 0 Å². The van der Waals surface area contributed by atoms with Gasteiger partial charge in [0.1, 0.15) is 0 Å². The van der Waals surface area contributed by atoms with Crippen LogP contribution in [0.3, 0.4) is 0 Å². The average Bonchev–Trinajstić information content (AvgIpc) is 3.09. The van der Waals surface area contributed by atoms with E-state index >= 15 is 0 Å². The molecule has 2 rings (SSSR count). The highest BCUT2D eigenvalue weighted by Gasteiger charge is 2.14. The SMILES string of the molecule is CCNC(=O)CN(CC)CC(=O)Nc1ccc(CN2CCCC2)cc1. The number of benzene rings is 1. The molecule has 1 saturated heterocycles. The quantitative estimate of drug-likeness (QED) is 0.714. The van der Waals surface area contributed by atoms with Crippen LogP contribution < -0.4 is 10.6 Å². The Morgan fingerprint density at radius 3 is 2.28 bits per heavy atom. The van der Waals surface area contributed by atoms with Gasteiger partial charge in [-0.1, -0.05) is 19.1 Å². The van der Waals surface area contributed by atoms with E-state index in [4.69, 9.17) is 0 Å². The molecule has 1 aliphatic rings. The van der Waals surface area contributed by atoms with Gasteiger partial charge in [0.2, 0.25) is 11.8 Å². The second-order valence-corrected chi connectivity index (χ2v) is 6.49. The number of likely N-dealkylation sites (tertiary alicyclic amines) is 1. The number of carbonyl (C=O) groups excluding carboxylic acids is 2. The summed E-state index contributed by atoms with van der Waals surface area (Å²) in [5, 5.41) is 5.66. The molecule has 0 atom stereocenters. The maximum absolute atomic E-state index is 12.2. The van der Waals surface area contributed by atoms with E-state index in [1.54, 1.807) is 0 Å². The zero-order chi connectivity index (χ0) is 18.1. The minimum absolute atomic E-state index is 0.0524. The Labute approximate surface area is 150 Å². The fourth-order valence-electron chi connectivity index (χ4n) is 3.03. The van der Waals surface area contributed by atoms with Crippen molar-refractivity contribution >= 4 is 17.5 Å². The summed E-state index contributed by atoms with van der Waals surface area (Å²) < 4.78 is 0. The van der Waals surface area contributed by atoms with E-state index < -0.39 is 0 Å². The molecule has 2 amide bonds. The summed E-state index contributed by atoms with van der Waals surface area (Å²) in [6.07, 6.45) is 2.58. The summed E-state index contributed by atoms with van der Waals surface area (Å²) >= 11 is 0. The predicted octanol–water partition coefficient (Wildman–Crippen LogP) is 1.68. The first-order valence-electron chi connectivity index (χ1n) is 9.21. The molecule has 0 saturated carbocycles. The molecule has 0 bridgehead atoms. The van der Waals surface area contributed by atoms with Crippen molar-refractivity contribution in [1.82, 2.24) is 15.1 Å². The van der Waals surface area contributed by atoms with Crippen molar-refractivity contribution in [1.29, 1.82) is 0 Å². The lowest BCUT2D eigenvalue weighted by Gasteiger charge is -2.19. The molecule has 1 heterocycles. The third-order valence-electron chi connectivity index (χ3n) is 4.40. The molecule has 2 N–H and O–H groups in total. The van der Waals surface area contributed by atoms with Crippen LogP contribution in [0, 0.1) is 0 Å². The van der Waals surface area contributed by atoms with Gasteiger partial charge in [0.05, 0.1) is 13.1 Å². The highest BCUT2D eigenvalue weighted by molar-refractivity contribution is 5.92. The van der Waals surface area contributed by atoms with Crippen molar-refractivity contribution in [3.63, 3.8) is 0 Å². The zero-order valence-corrected chi connectivity index (χ0v) is 15.4. The van der Waals surface area contributed by atoms with Crippen molar-refractivity contribution in [3.05, 3.63) is 29.8 Å². The Kier molecular flexibility index (Phi) is 7.88. The van der Waals surface area contributed by atoms with Crippen LogP contribution in [-0.4, -0.2) is 60.9 Å². The third-order valence-corrected chi connectivity index (χ3v) is 4.40. The highest BCUT2D eigenvalue weighted by atomic mass is 16.2. The molecule has 1 fully saturated rings. The molecule has 0 aliphatic carbocycles. The fourth-order valence-corrected chi connectivity index (χ4v) is 3.03. The predicted molar refractivity (Wildman–Crippen MR) is 100 cm³/mol. The summed E-state index contributed by atoms with van der Waals surface area (Å²) in [5.74, 6) is -0.151. The number of hydrogen-bond acceptors (Lipinski definition) is 4. The molecule has 6 heteroatoms. The van der Waals surface area contributed by atoms with Crippen LogP contribution >= 0.6 is 0 Å². The smallest absolute Gasteiger partial charge is 0.238 e. The number of hydrogen-bond donors (Lipinski definition) is 2. The Balaban J connectivity index is 1.79. The maximum Gasteiger partial charge on any atom is 0.238 e. The van der Waals surface area contributed by atoms with E-state index in [2.05, 4.69) is 27.7 Å². The molecule has 0 radical (unpaired) electrons. The van der Waals surface area contributed by atoms with Gasteiger partial charge in [0, 0.05) is 18.8 Å². The monoisotopic (exact) mass is 346 g/mol. The molecular formula is C19H30N4O2. The zero-order valence-electron chi connectivity index (χ0n) is 15.4. The molecule has 138 valence electrons. The minimum Gasteiger partial charge on any atom is -0.355 e. The fraction of sp³-hybridized carbons (Fsp3) is 0.579. The Morgan fingerprint density at radius 1 is 1.04 bits per heavy atom. The van der Waals surface area contributed by atoms with Gasteiger partial charge in [-0.15, -0.1) is 0 Å². The maximum atomic E-state index is 12.2. The van der Waals surface area contributed by atoms with Crippen LogP contribution in [0.5, 0.6) is 0 Å². The Hall–Kier alpha value is -1.92. The first-order valence-corrected chi connectivity index (χ1v) is 9.21. The third kappa shape index (κ3) is 6.84. The van der Waals surface area contributed by atoms with Gasteiger partial charge in [0.25, 0.3) is 0 Å². The van der Waals surface area contributed by atoms with Crippen LogP contribution in [0.15, 0.2) is 24.3 Å². The number of amides is 2. The highest BCUT2D eigenvalue weighted by Crippen LogP contribution is 2.15. The van der Waals surface area contributed by atoms with Gasteiger partial charge >= 0.3 is 0 Å². The lowest BCUT2D eigenvalue weighted by molar-refractivity contribution is -0.123. The molecule has 1 aromatic rings. The van der Waals surface area contributed by atoms with E-state index in [9.17, 15) is 9.59 Å². The number of anilines is 1. The normalized spacial score (nSPS) is 14.7. The average molecular weight is 346 g/mol. The molecule has 0 aromatic heterocycles. The number of rotatable bonds is 9. The summed E-state index contributed by atoms with van der Waals surface area (Å²) in [4.78, 5) is 28.1. The second-order valence-electron chi connectivity index (χ2n) is 6.49. The summed E-state index contributed by atoms with van der Waals surface area (Å²) in [5.41, 5.74) is 2.07. The minimum atomic E-state index is -0.0987. The molecule has 1 aliphatic heterocycles. The number of carbonyl (C=O) groups is 2. The van der Waals surface area contributed by atoms with Crippen LogP contribution in [0.2, 0.25) is 0 Å². The van der Waals surface area contributed by atoms with Crippen LogP contribution in [0.1, 0.15) is 32.3 Å². The molecule has 1 aromatic carbocycles. The van der Waals surface area contributed by atoms with Crippen LogP contribution in [-0.2, 0) is 16.1 Å². The van der Waals surface area contributed by atoms with Crippen LogP contribution in [0.25, 0.3) is 0 Å². The van der Waals surface area contributed by atoms with Gasteiger partial charge in [0.15, 0.2) is 0 Å². The van der Waals surface area contributed by atoms with E-state index in [1.807, 2.05) is 30.9 Å². The van der Waals surface area contributed by atoms with Gasteiger partial charge in [-0.3, -0.25) is 19.4 Å². The van der Waals surface area contributed by atoms with Crippen molar-refractivity contribution < 1.29 is 9.59 Å².